The molecule has 1 fully saturated rings. The van der Waals surface area contributed by atoms with Crippen molar-refractivity contribution in [3.63, 3.8) is 0 Å². The van der Waals surface area contributed by atoms with Crippen molar-refractivity contribution in [2.45, 2.75) is 69.9 Å². The van der Waals surface area contributed by atoms with Gasteiger partial charge in [0, 0.05) is 19.6 Å². The van der Waals surface area contributed by atoms with E-state index in [0.717, 1.165) is 16.7 Å². The Morgan fingerprint density at radius 2 is 1.44 bits per heavy atom. The Hall–Kier alpha value is -3.26. The summed E-state index contributed by atoms with van der Waals surface area (Å²) in [6.45, 7) is 12.6. The van der Waals surface area contributed by atoms with Gasteiger partial charge in [-0.25, -0.2) is 4.79 Å². The standard InChI is InChI=1S/C34H44N2O4Si/c1-34(2,3)41(4,5)40-30-21-29(36(24-30)33(38)39)23-35(22-26-15-9-6-10-16-26)25-31(37)32(27-17-11-7-12-18-27)28-19-13-8-14-20-28/h6-20,29-30,32H,21-25H2,1-5H3,(H,38,39)/t29-,30+/m0/s1. The maximum Gasteiger partial charge on any atom is 0.407 e. The molecule has 6 nitrogen and oxygen atoms in total. The van der Waals surface area contributed by atoms with E-state index in [4.69, 9.17) is 4.43 Å². The van der Waals surface area contributed by atoms with Gasteiger partial charge in [-0.15, -0.1) is 0 Å². The molecule has 7 heteroatoms. The van der Waals surface area contributed by atoms with Crippen LogP contribution in [0.25, 0.3) is 0 Å². The third kappa shape index (κ3) is 7.94. The zero-order valence-corrected chi connectivity index (χ0v) is 26.0. The molecule has 1 aliphatic heterocycles. The van der Waals surface area contributed by atoms with Crippen LogP contribution >= 0.6 is 0 Å². The highest BCUT2D eigenvalue weighted by Gasteiger charge is 2.44. The van der Waals surface area contributed by atoms with Crippen LogP contribution in [0.1, 0.15) is 49.8 Å². The number of hydrogen-bond acceptors (Lipinski definition) is 4. The minimum absolute atomic E-state index is 0.0365. The average molecular weight is 573 g/mol. The van der Waals surface area contributed by atoms with Crippen molar-refractivity contribution in [1.82, 2.24) is 9.80 Å². The van der Waals surface area contributed by atoms with Gasteiger partial charge in [0.15, 0.2) is 14.1 Å². The zero-order valence-electron chi connectivity index (χ0n) is 25.0. The largest absolute Gasteiger partial charge is 0.465 e. The molecule has 3 aromatic carbocycles. The van der Waals surface area contributed by atoms with E-state index in [-0.39, 0.29) is 29.5 Å². The number of carboxylic acid groups (broad SMARTS) is 1. The Balaban J connectivity index is 1.59. The van der Waals surface area contributed by atoms with E-state index in [1.165, 1.54) is 4.90 Å². The molecule has 0 spiro atoms. The topological polar surface area (TPSA) is 70.1 Å². The van der Waals surface area contributed by atoms with E-state index in [0.29, 0.717) is 26.1 Å². The molecule has 1 heterocycles. The summed E-state index contributed by atoms with van der Waals surface area (Å²) in [6.07, 6.45) is -0.458. The molecule has 4 rings (SSSR count). The monoisotopic (exact) mass is 572 g/mol. The minimum Gasteiger partial charge on any atom is -0.465 e. The van der Waals surface area contributed by atoms with Gasteiger partial charge in [-0.1, -0.05) is 112 Å². The van der Waals surface area contributed by atoms with Gasteiger partial charge in [0.25, 0.3) is 0 Å². The summed E-state index contributed by atoms with van der Waals surface area (Å²) < 4.78 is 6.66. The molecule has 0 bridgehead atoms. The van der Waals surface area contributed by atoms with Crippen LogP contribution in [0.2, 0.25) is 18.1 Å². The van der Waals surface area contributed by atoms with E-state index < -0.39 is 20.3 Å². The Bertz CT molecular complexity index is 1240. The normalized spacial score (nSPS) is 17.8. The van der Waals surface area contributed by atoms with Crippen molar-refractivity contribution in [1.29, 1.82) is 0 Å². The molecule has 0 aromatic heterocycles. The third-order valence-electron chi connectivity index (χ3n) is 8.57. The SMILES string of the molecule is CC(C)(C)[Si](C)(C)O[C@@H]1C[C@@H](CN(CC(=O)C(c2ccccc2)c2ccccc2)Cc2ccccc2)N(C(=O)O)C1. The van der Waals surface area contributed by atoms with Crippen LogP contribution in [0.3, 0.4) is 0 Å². The first-order chi connectivity index (χ1) is 19.4. The van der Waals surface area contributed by atoms with Crippen LogP contribution in [0.5, 0.6) is 0 Å². The molecule has 0 saturated carbocycles. The lowest BCUT2D eigenvalue weighted by molar-refractivity contribution is -0.121. The van der Waals surface area contributed by atoms with E-state index >= 15 is 0 Å². The zero-order chi connectivity index (χ0) is 29.6. The summed E-state index contributed by atoms with van der Waals surface area (Å²) in [5.41, 5.74) is 3.00. The fraction of sp³-hybridized carbons (Fsp3) is 0.412. The number of likely N-dealkylation sites (tertiary alicyclic amines) is 1. The molecule has 0 unspecified atom stereocenters. The molecular weight excluding hydrogens is 528 g/mol. The molecule has 1 aliphatic rings. The molecule has 41 heavy (non-hydrogen) atoms. The predicted molar refractivity (Wildman–Crippen MR) is 167 cm³/mol. The summed E-state index contributed by atoms with van der Waals surface area (Å²) in [6, 6.07) is 29.6. The van der Waals surface area contributed by atoms with Gasteiger partial charge in [0.1, 0.15) is 0 Å². The van der Waals surface area contributed by atoms with Gasteiger partial charge < -0.3 is 14.4 Å². The van der Waals surface area contributed by atoms with Gasteiger partial charge >= 0.3 is 6.09 Å². The van der Waals surface area contributed by atoms with Gasteiger partial charge in [-0.2, -0.15) is 0 Å². The van der Waals surface area contributed by atoms with Crippen molar-refractivity contribution in [3.8, 4) is 0 Å². The Morgan fingerprint density at radius 3 is 1.93 bits per heavy atom. The smallest absolute Gasteiger partial charge is 0.407 e. The van der Waals surface area contributed by atoms with Crippen molar-refractivity contribution in [2.75, 3.05) is 19.6 Å². The Morgan fingerprint density at radius 1 is 0.927 bits per heavy atom. The van der Waals surface area contributed by atoms with Gasteiger partial charge in [0.2, 0.25) is 0 Å². The average Bonchev–Trinajstić information content (AvgIpc) is 3.31. The molecule has 0 radical (unpaired) electrons. The second-order valence-corrected chi connectivity index (χ2v) is 17.5. The summed E-state index contributed by atoms with van der Waals surface area (Å²) in [4.78, 5) is 30.1. The van der Waals surface area contributed by atoms with Crippen LogP contribution in [-0.2, 0) is 15.8 Å². The predicted octanol–water partition coefficient (Wildman–Crippen LogP) is 7.03. The number of nitrogens with zero attached hydrogens (tertiary/aromatic N) is 2. The van der Waals surface area contributed by atoms with Crippen LogP contribution in [0.15, 0.2) is 91.0 Å². The molecule has 1 N–H and O–H groups in total. The fourth-order valence-corrected chi connectivity index (χ4v) is 6.81. The van der Waals surface area contributed by atoms with Crippen molar-refractivity contribution < 1.29 is 19.1 Å². The number of Topliss-reactive ketones (excluding diaryl/α,β-unsaturated/α-hetero) is 1. The van der Waals surface area contributed by atoms with Gasteiger partial charge in [-0.3, -0.25) is 9.69 Å². The lowest BCUT2D eigenvalue weighted by atomic mass is 9.87. The molecule has 1 amide bonds. The number of benzene rings is 3. The van der Waals surface area contributed by atoms with Gasteiger partial charge in [-0.05, 0) is 41.2 Å². The number of hydrogen-bond donors (Lipinski definition) is 1. The lowest BCUT2D eigenvalue weighted by Crippen LogP contribution is -2.45. The first-order valence-corrected chi connectivity index (χ1v) is 17.4. The maximum atomic E-state index is 14.1. The van der Waals surface area contributed by atoms with Crippen LogP contribution in [-0.4, -0.2) is 66.9 Å². The lowest BCUT2D eigenvalue weighted by Gasteiger charge is -2.38. The summed E-state index contributed by atoms with van der Waals surface area (Å²) in [5.74, 6) is -0.309. The van der Waals surface area contributed by atoms with Crippen LogP contribution in [0, 0.1) is 0 Å². The quantitative estimate of drug-likeness (QED) is 0.250. The number of ketones is 1. The molecule has 0 aliphatic carbocycles. The van der Waals surface area contributed by atoms with E-state index in [1.807, 2.05) is 78.9 Å². The highest BCUT2D eigenvalue weighted by molar-refractivity contribution is 6.74. The number of carbonyl (C=O) groups is 2. The molecule has 3 aromatic rings. The van der Waals surface area contributed by atoms with Crippen LogP contribution < -0.4 is 0 Å². The van der Waals surface area contributed by atoms with E-state index in [1.54, 1.807) is 0 Å². The van der Waals surface area contributed by atoms with Crippen LogP contribution in [0.4, 0.5) is 4.79 Å². The highest BCUT2D eigenvalue weighted by atomic mass is 28.4. The van der Waals surface area contributed by atoms with E-state index in [9.17, 15) is 14.7 Å². The van der Waals surface area contributed by atoms with Gasteiger partial charge in [0.05, 0.1) is 24.6 Å². The summed E-state index contributed by atoms with van der Waals surface area (Å²) in [5, 5.41) is 10.2. The van der Waals surface area contributed by atoms with Crippen molar-refractivity contribution >= 4 is 20.2 Å². The number of carbonyl (C=O) groups excluding carboxylic acids is 1. The maximum absolute atomic E-state index is 14.1. The van der Waals surface area contributed by atoms with Crippen molar-refractivity contribution in [2.24, 2.45) is 0 Å². The van der Waals surface area contributed by atoms with E-state index in [2.05, 4.69) is 50.9 Å². The molecule has 1 saturated heterocycles. The van der Waals surface area contributed by atoms with Crippen molar-refractivity contribution in [3.05, 3.63) is 108 Å². The number of rotatable bonds is 11. The minimum atomic E-state index is -2.07. The number of amides is 1. The first kappa shape index (κ1) is 30.7. The second kappa shape index (κ2) is 13.1. The second-order valence-electron chi connectivity index (χ2n) is 12.7. The summed E-state index contributed by atoms with van der Waals surface area (Å²) in [7, 11) is -2.07. The third-order valence-corrected chi connectivity index (χ3v) is 13.1. The molecular formula is C34H44N2O4Si. The molecule has 218 valence electrons. The first-order valence-electron chi connectivity index (χ1n) is 14.5. The Labute approximate surface area is 246 Å². The highest BCUT2D eigenvalue weighted by Crippen LogP contribution is 2.39. The Kier molecular flexibility index (Phi) is 9.84. The summed E-state index contributed by atoms with van der Waals surface area (Å²) >= 11 is 0. The molecule has 2 atom stereocenters. The fourth-order valence-electron chi connectivity index (χ4n) is 5.45.